The van der Waals surface area contributed by atoms with Gasteiger partial charge in [-0.05, 0) is 50.2 Å². The molecule has 3 rings (SSSR count). The van der Waals surface area contributed by atoms with E-state index in [2.05, 4.69) is 17.4 Å². The van der Waals surface area contributed by atoms with Crippen molar-refractivity contribution in [3.05, 3.63) is 53.9 Å². The number of aryl methyl sites for hydroxylation is 1. The van der Waals surface area contributed by atoms with Crippen LogP contribution in [0.25, 0.3) is 16.9 Å². The van der Waals surface area contributed by atoms with Gasteiger partial charge in [0.15, 0.2) is 0 Å². The number of hydrogen-bond donors (Lipinski definition) is 0. The lowest BCUT2D eigenvalue weighted by atomic mass is 10.1. The summed E-state index contributed by atoms with van der Waals surface area (Å²) in [4.78, 5) is 4.76. The van der Waals surface area contributed by atoms with Gasteiger partial charge in [-0.3, -0.25) is 4.40 Å². The summed E-state index contributed by atoms with van der Waals surface area (Å²) in [7, 11) is 1.66. The minimum atomic E-state index is -0.127. The van der Waals surface area contributed by atoms with Gasteiger partial charge in [0.1, 0.15) is 11.4 Å². The van der Waals surface area contributed by atoms with Crippen LogP contribution in [0, 0.1) is 6.92 Å². The highest BCUT2D eigenvalue weighted by Gasteiger charge is 2.18. The summed E-state index contributed by atoms with van der Waals surface area (Å²) in [5, 5.41) is -0.127. The quantitative estimate of drug-likeness (QED) is 0.660. The Bertz CT molecular complexity index is 775. The van der Waals surface area contributed by atoms with Crippen LogP contribution >= 0.6 is 11.6 Å². The normalized spacial score (nSPS) is 12.6. The molecule has 0 bridgehead atoms. The van der Waals surface area contributed by atoms with Crippen LogP contribution in [0.2, 0.25) is 0 Å². The van der Waals surface area contributed by atoms with Gasteiger partial charge in [0, 0.05) is 11.3 Å². The van der Waals surface area contributed by atoms with E-state index in [1.807, 2.05) is 43.3 Å². The van der Waals surface area contributed by atoms with E-state index in [9.17, 15) is 0 Å². The molecular formula is C17H17ClN2O. The van der Waals surface area contributed by atoms with Crippen molar-refractivity contribution in [3.8, 4) is 17.0 Å². The number of nitrogens with zero attached hydrogens (tertiary/aromatic N) is 2. The lowest BCUT2D eigenvalue weighted by Gasteiger charge is -2.09. The second kappa shape index (κ2) is 5.41. The topological polar surface area (TPSA) is 26.5 Å². The van der Waals surface area contributed by atoms with Crippen molar-refractivity contribution >= 4 is 17.2 Å². The summed E-state index contributed by atoms with van der Waals surface area (Å²) >= 11 is 6.42. The van der Waals surface area contributed by atoms with Crippen LogP contribution in [0.3, 0.4) is 0 Å². The molecule has 0 spiro atoms. The highest BCUT2D eigenvalue weighted by atomic mass is 35.5. The first-order valence-corrected chi connectivity index (χ1v) is 7.32. The fourth-order valence-electron chi connectivity index (χ4n) is 2.61. The van der Waals surface area contributed by atoms with E-state index in [-0.39, 0.29) is 5.38 Å². The molecular weight excluding hydrogens is 284 g/mol. The van der Waals surface area contributed by atoms with Gasteiger partial charge in [-0.1, -0.05) is 6.07 Å². The SMILES string of the molecule is COc1ccc(-c2nc3cccc(C)n3c2C(C)Cl)cc1. The molecule has 21 heavy (non-hydrogen) atoms. The van der Waals surface area contributed by atoms with Crippen molar-refractivity contribution in [1.82, 2.24) is 9.38 Å². The van der Waals surface area contributed by atoms with Gasteiger partial charge in [-0.2, -0.15) is 0 Å². The maximum Gasteiger partial charge on any atom is 0.137 e. The van der Waals surface area contributed by atoms with Crippen molar-refractivity contribution in [2.24, 2.45) is 0 Å². The number of ether oxygens (including phenoxy) is 1. The number of aromatic nitrogens is 2. The Balaban J connectivity index is 2.26. The van der Waals surface area contributed by atoms with Crippen molar-refractivity contribution in [2.75, 3.05) is 7.11 Å². The molecule has 1 atom stereocenters. The number of methoxy groups -OCH3 is 1. The fourth-order valence-corrected chi connectivity index (χ4v) is 2.81. The van der Waals surface area contributed by atoms with Crippen LogP contribution < -0.4 is 4.74 Å². The van der Waals surface area contributed by atoms with Crippen molar-refractivity contribution in [2.45, 2.75) is 19.2 Å². The Morgan fingerprint density at radius 3 is 2.48 bits per heavy atom. The first kappa shape index (κ1) is 14.0. The Hall–Kier alpha value is -2.00. The van der Waals surface area contributed by atoms with E-state index in [1.54, 1.807) is 7.11 Å². The van der Waals surface area contributed by atoms with E-state index in [0.717, 1.165) is 34.0 Å². The molecule has 0 aliphatic rings. The Labute approximate surface area is 129 Å². The molecule has 0 fully saturated rings. The molecule has 0 saturated heterocycles. The van der Waals surface area contributed by atoms with Gasteiger partial charge < -0.3 is 4.74 Å². The second-order valence-corrected chi connectivity index (χ2v) is 5.71. The summed E-state index contributed by atoms with van der Waals surface area (Å²) in [6.07, 6.45) is 0. The summed E-state index contributed by atoms with van der Waals surface area (Å²) in [5.41, 5.74) is 5.04. The standard InChI is InChI=1S/C17H17ClN2O/c1-11-5-4-6-15-19-16(17(12(2)18)20(11)15)13-7-9-14(21-3)10-8-13/h4-10,12H,1-3H3. The number of pyridine rings is 1. The lowest BCUT2D eigenvalue weighted by molar-refractivity contribution is 0.415. The molecule has 2 aromatic heterocycles. The average molecular weight is 301 g/mol. The Morgan fingerprint density at radius 1 is 1.14 bits per heavy atom. The van der Waals surface area contributed by atoms with Gasteiger partial charge in [0.2, 0.25) is 0 Å². The highest BCUT2D eigenvalue weighted by Crippen LogP contribution is 2.33. The zero-order valence-electron chi connectivity index (χ0n) is 12.3. The van der Waals surface area contributed by atoms with Crippen LogP contribution in [0.5, 0.6) is 5.75 Å². The number of imidazole rings is 1. The van der Waals surface area contributed by atoms with Gasteiger partial charge in [-0.15, -0.1) is 11.6 Å². The number of fused-ring (bicyclic) bond motifs is 1. The van der Waals surface area contributed by atoms with Crippen molar-refractivity contribution < 1.29 is 4.74 Å². The van der Waals surface area contributed by atoms with E-state index in [4.69, 9.17) is 21.3 Å². The third kappa shape index (κ3) is 2.38. The summed E-state index contributed by atoms with van der Waals surface area (Å²) in [6, 6.07) is 14.0. The number of halogens is 1. The predicted octanol–water partition coefficient (Wildman–Crippen LogP) is 4.62. The Morgan fingerprint density at radius 2 is 1.86 bits per heavy atom. The van der Waals surface area contributed by atoms with Crippen LogP contribution in [-0.4, -0.2) is 16.5 Å². The van der Waals surface area contributed by atoms with Crippen molar-refractivity contribution in [1.29, 1.82) is 0 Å². The highest BCUT2D eigenvalue weighted by molar-refractivity contribution is 6.20. The number of rotatable bonds is 3. The molecule has 0 N–H and O–H groups in total. The van der Waals surface area contributed by atoms with E-state index in [0.29, 0.717) is 0 Å². The average Bonchev–Trinajstić information content (AvgIpc) is 2.88. The first-order chi connectivity index (χ1) is 10.1. The molecule has 1 aromatic carbocycles. The second-order valence-electron chi connectivity index (χ2n) is 5.05. The lowest BCUT2D eigenvalue weighted by Crippen LogP contribution is -1.98. The van der Waals surface area contributed by atoms with Gasteiger partial charge in [0.05, 0.1) is 23.9 Å². The van der Waals surface area contributed by atoms with Crippen LogP contribution in [-0.2, 0) is 0 Å². The number of benzene rings is 1. The van der Waals surface area contributed by atoms with Gasteiger partial charge >= 0.3 is 0 Å². The largest absolute Gasteiger partial charge is 0.497 e. The molecule has 0 saturated carbocycles. The first-order valence-electron chi connectivity index (χ1n) is 6.88. The minimum absolute atomic E-state index is 0.127. The molecule has 0 aliphatic heterocycles. The zero-order valence-corrected chi connectivity index (χ0v) is 13.1. The molecule has 108 valence electrons. The maximum atomic E-state index is 6.42. The molecule has 0 aliphatic carbocycles. The van der Waals surface area contributed by atoms with Gasteiger partial charge in [-0.25, -0.2) is 4.98 Å². The smallest absolute Gasteiger partial charge is 0.137 e. The summed E-state index contributed by atoms with van der Waals surface area (Å²) in [5.74, 6) is 0.833. The Kier molecular flexibility index (Phi) is 3.60. The molecule has 0 amide bonds. The van der Waals surface area contributed by atoms with E-state index in [1.165, 1.54) is 0 Å². The zero-order chi connectivity index (χ0) is 15.0. The third-order valence-electron chi connectivity index (χ3n) is 3.61. The third-order valence-corrected chi connectivity index (χ3v) is 3.82. The van der Waals surface area contributed by atoms with Crippen LogP contribution in [0.15, 0.2) is 42.5 Å². The van der Waals surface area contributed by atoms with Gasteiger partial charge in [0.25, 0.3) is 0 Å². The summed E-state index contributed by atoms with van der Waals surface area (Å²) in [6.45, 7) is 4.04. The minimum Gasteiger partial charge on any atom is -0.497 e. The molecule has 4 heteroatoms. The number of alkyl halides is 1. The molecule has 1 unspecified atom stereocenters. The van der Waals surface area contributed by atoms with Crippen LogP contribution in [0.4, 0.5) is 0 Å². The van der Waals surface area contributed by atoms with Crippen molar-refractivity contribution in [3.63, 3.8) is 0 Å². The van der Waals surface area contributed by atoms with Crippen LogP contribution in [0.1, 0.15) is 23.7 Å². The predicted molar refractivity (Wildman–Crippen MR) is 86.2 cm³/mol. The molecule has 3 aromatic rings. The molecule has 0 radical (unpaired) electrons. The summed E-state index contributed by atoms with van der Waals surface area (Å²) < 4.78 is 7.33. The van der Waals surface area contributed by atoms with E-state index >= 15 is 0 Å². The molecule has 2 heterocycles. The van der Waals surface area contributed by atoms with E-state index < -0.39 is 0 Å². The maximum absolute atomic E-state index is 6.42. The fraction of sp³-hybridized carbons (Fsp3) is 0.235. The monoisotopic (exact) mass is 300 g/mol. The number of hydrogen-bond acceptors (Lipinski definition) is 2. The molecule has 3 nitrogen and oxygen atoms in total.